The number of rotatable bonds is 1. The summed E-state index contributed by atoms with van der Waals surface area (Å²) < 4.78 is 12.2. The highest BCUT2D eigenvalue weighted by molar-refractivity contribution is 5.79. The van der Waals surface area contributed by atoms with Crippen LogP contribution in [0.25, 0.3) is 0 Å². The summed E-state index contributed by atoms with van der Waals surface area (Å²) in [4.78, 5) is 15.0. The third kappa shape index (κ3) is 1.06. The van der Waals surface area contributed by atoms with Gasteiger partial charge in [-0.2, -0.15) is 0 Å². The second-order valence-corrected chi connectivity index (χ2v) is 8.49. The van der Waals surface area contributed by atoms with Crippen molar-refractivity contribution in [3.8, 4) is 0 Å². The highest BCUT2D eigenvalue weighted by atomic mass is 16.6. The number of esters is 1. The van der Waals surface area contributed by atoms with Gasteiger partial charge in [-0.25, -0.2) is 0 Å². The number of aliphatic hydroxyl groups is 1. The first-order valence-electron chi connectivity index (χ1n) is 8.70. The van der Waals surface area contributed by atoms with Gasteiger partial charge in [0.05, 0.1) is 12.5 Å². The fourth-order valence-corrected chi connectivity index (χ4v) is 6.89. The summed E-state index contributed by atoms with van der Waals surface area (Å²) in [7, 11) is 0. The lowest BCUT2D eigenvalue weighted by atomic mass is 9.51. The molecule has 22 heavy (non-hydrogen) atoms. The summed E-state index contributed by atoms with van der Waals surface area (Å²) in [5, 5.41) is 11.6. The van der Waals surface area contributed by atoms with Gasteiger partial charge in [0.25, 0.3) is 0 Å². The van der Waals surface area contributed by atoms with E-state index in [1.54, 1.807) is 0 Å². The molecule has 0 aromatic carbocycles. The summed E-state index contributed by atoms with van der Waals surface area (Å²) >= 11 is 0. The highest BCUT2D eigenvalue weighted by Crippen LogP contribution is 2.73. The molecule has 3 heterocycles. The summed E-state index contributed by atoms with van der Waals surface area (Å²) in [5.74, 6) is 0.0985. The van der Waals surface area contributed by atoms with Gasteiger partial charge < -0.3 is 14.6 Å². The van der Waals surface area contributed by atoms with E-state index in [1.165, 1.54) is 0 Å². The molecule has 3 aliphatic heterocycles. The van der Waals surface area contributed by atoms with Crippen LogP contribution in [0.2, 0.25) is 0 Å². The Morgan fingerprint density at radius 3 is 2.86 bits per heavy atom. The fraction of sp³-hybridized carbons (Fsp3) is 0.941. The van der Waals surface area contributed by atoms with Crippen molar-refractivity contribution in [3.63, 3.8) is 0 Å². The number of ether oxygens (including phenoxy) is 2. The first kappa shape index (κ1) is 13.8. The van der Waals surface area contributed by atoms with E-state index in [0.29, 0.717) is 12.5 Å². The molecule has 5 nitrogen and oxygen atoms in total. The number of carbonyl (C=O) groups is 1. The molecule has 0 aromatic heterocycles. The molecule has 1 spiro atoms. The van der Waals surface area contributed by atoms with E-state index in [9.17, 15) is 9.90 Å². The zero-order chi connectivity index (χ0) is 15.5. The van der Waals surface area contributed by atoms with Crippen molar-refractivity contribution in [1.29, 1.82) is 0 Å². The number of nitrogens with zero attached hydrogens (tertiary/aromatic N) is 1. The molecule has 1 N–H and O–H groups in total. The summed E-state index contributed by atoms with van der Waals surface area (Å²) in [6.07, 6.45) is 1.58. The van der Waals surface area contributed by atoms with Crippen LogP contribution in [0.1, 0.15) is 33.6 Å². The van der Waals surface area contributed by atoms with Gasteiger partial charge in [-0.1, -0.05) is 20.8 Å². The first-order valence-corrected chi connectivity index (χ1v) is 8.70. The Balaban J connectivity index is 1.79. The van der Waals surface area contributed by atoms with Crippen molar-refractivity contribution in [3.05, 3.63) is 0 Å². The lowest BCUT2D eigenvalue weighted by Gasteiger charge is -2.58. The monoisotopic (exact) mass is 307 g/mol. The minimum Gasteiger partial charge on any atom is -0.454 e. The maximum Gasteiger partial charge on any atom is 0.312 e. The van der Waals surface area contributed by atoms with Gasteiger partial charge in [-0.15, -0.1) is 0 Å². The standard InChI is InChI=1S/C17H25NO4/c1-9(2)16(20)12-11-5-4-10-8-18-6-7-21-17(18,15(10,11)3)14(16)22-13(12)19/h9-12,14,20H,4-8H2,1-3H3/t10-,11+,12+,14-,15+,16-,17+/m1/s1. The molecule has 2 bridgehead atoms. The zero-order valence-electron chi connectivity index (χ0n) is 13.5. The molecule has 5 rings (SSSR count). The van der Waals surface area contributed by atoms with Gasteiger partial charge in [-0.3, -0.25) is 9.69 Å². The molecule has 0 amide bonds. The van der Waals surface area contributed by atoms with Crippen molar-refractivity contribution in [1.82, 2.24) is 4.90 Å². The quantitative estimate of drug-likeness (QED) is 0.733. The Kier molecular flexibility index (Phi) is 2.32. The maximum atomic E-state index is 12.7. The molecular weight excluding hydrogens is 282 g/mol. The molecule has 0 aromatic rings. The molecule has 0 radical (unpaired) electrons. The Labute approximate surface area is 130 Å². The molecular formula is C17H25NO4. The Morgan fingerprint density at radius 1 is 1.36 bits per heavy atom. The second-order valence-electron chi connectivity index (χ2n) is 8.49. The average molecular weight is 307 g/mol. The third-order valence-corrected chi connectivity index (χ3v) is 7.90. The molecule has 2 aliphatic carbocycles. The SMILES string of the molecule is CC(C)[C@@]1(O)[C@@H]2C(=O)O[C@H]1[C@@]13OCCN1C[C@H]1CC[C@@H]2[C@]13C. The van der Waals surface area contributed by atoms with Crippen molar-refractivity contribution < 1.29 is 19.4 Å². The van der Waals surface area contributed by atoms with Crippen molar-refractivity contribution in [2.75, 3.05) is 19.7 Å². The van der Waals surface area contributed by atoms with E-state index < -0.39 is 17.4 Å². The third-order valence-electron chi connectivity index (χ3n) is 7.90. The molecule has 5 aliphatic rings. The predicted octanol–water partition coefficient (Wildman–Crippen LogP) is 1.00. The van der Waals surface area contributed by atoms with E-state index >= 15 is 0 Å². The molecule has 0 unspecified atom stereocenters. The predicted molar refractivity (Wildman–Crippen MR) is 77.7 cm³/mol. The lowest BCUT2D eigenvalue weighted by molar-refractivity contribution is -0.284. The summed E-state index contributed by atoms with van der Waals surface area (Å²) in [6, 6.07) is 0. The van der Waals surface area contributed by atoms with Crippen LogP contribution in [0.5, 0.6) is 0 Å². The van der Waals surface area contributed by atoms with E-state index in [0.717, 1.165) is 25.9 Å². The van der Waals surface area contributed by atoms with E-state index in [4.69, 9.17) is 9.47 Å². The zero-order valence-corrected chi connectivity index (χ0v) is 13.5. The molecule has 3 saturated heterocycles. The van der Waals surface area contributed by atoms with Crippen molar-refractivity contribution in [2.24, 2.45) is 29.1 Å². The molecule has 5 heteroatoms. The Bertz CT molecular complexity index is 565. The number of carbonyl (C=O) groups excluding carboxylic acids is 1. The van der Waals surface area contributed by atoms with Crippen LogP contribution < -0.4 is 0 Å². The van der Waals surface area contributed by atoms with Crippen LogP contribution in [-0.4, -0.2) is 53.1 Å². The largest absolute Gasteiger partial charge is 0.454 e. The van der Waals surface area contributed by atoms with Crippen LogP contribution in [0.3, 0.4) is 0 Å². The second kappa shape index (κ2) is 3.70. The molecule has 2 saturated carbocycles. The normalized spacial score (nSPS) is 59.0. The smallest absolute Gasteiger partial charge is 0.312 e. The van der Waals surface area contributed by atoms with Crippen LogP contribution in [-0.2, 0) is 14.3 Å². The minimum atomic E-state index is -1.11. The molecule has 122 valence electrons. The topological polar surface area (TPSA) is 59.0 Å². The number of hydrogen-bond donors (Lipinski definition) is 1. The van der Waals surface area contributed by atoms with Gasteiger partial charge in [0.15, 0.2) is 11.8 Å². The fourth-order valence-electron chi connectivity index (χ4n) is 6.89. The van der Waals surface area contributed by atoms with E-state index in [1.807, 2.05) is 13.8 Å². The van der Waals surface area contributed by atoms with Gasteiger partial charge in [0, 0.05) is 18.5 Å². The van der Waals surface area contributed by atoms with Crippen LogP contribution in [0.15, 0.2) is 0 Å². The maximum absolute atomic E-state index is 12.7. The average Bonchev–Trinajstić information content (AvgIpc) is 3.11. The van der Waals surface area contributed by atoms with Gasteiger partial charge in [-0.05, 0) is 30.6 Å². The van der Waals surface area contributed by atoms with Gasteiger partial charge >= 0.3 is 5.97 Å². The van der Waals surface area contributed by atoms with Crippen LogP contribution >= 0.6 is 0 Å². The molecule has 7 atom stereocenters. The summed E-state index contributed by atoms with van der Waals surface area (Å²) in [5.41, 5.74) is -1.80. The van der Waals surface area contributed by atoms with E-state index in [-0.39, 0.29) is 29.1 Å². The van der Waals surface area contributed by atoms with E-state index in [2.05, 4.69) is 11.8 Å². The van der Waals surface area contributed by atoms with Crippen molar-refractivity contribution >= 4 is 5.97 Å². The number of fused-ring (bicyclic) bond motifs is 3. The van der Waals surface area contributed by atoms with Gasteiger partial charge in [0.2, 0.25) is 0 Å². The minimum absolute atomic E-state index is 0.0291. The lowest BCUT2D eigenvalue weighted by Crippen LogP contribution is -2.73. The van der Waals surface area contributed by atoms with Crippen LogP contribution in [0, 0.1) is 29.1 Å². The van der Waals surface area contributed by atoms with Crippen LogP contribution in [0.4, 0.5) is 0 Å². The Hall–Kier alpha value is -0.650. The molecule has 5 fully saturated rings. The highest BCUT2D eigenvalue weighted by Gasteiger charge is 2.85. The number of hydrogen-bond acceptors (Lipinski definition) is 5. The first-order chi connectivity index (χ1) is 10.4. The van der Waals surface area contributed by atoms with Gasteiger partial charge in [0.1, 0.15) is 5.60 Å². The Morgan fingerprint density at radius 2 is 2.14 bits per heavy atom. The summed E-state index contributed by atoms with van der Waals surface area (Å²) in [6.45, 7) is 8.86. The van der Waals surface area contributed by atoms with Crippen molar-refractivity contribution in [2.45, 2.75) is 51.0 Å².